The molecule has 0 fully saturated rings. The average Bonchev–Trinajstić information content (AvgIpc) is 2.71. The van der Waals surface area contributed by atoms with Crippen molar-refractivity contribution in [3.63, 3.8) is 0 Å². The molecule has 1 aromatic heterocycles. The first kappa shape index (κ1) is 15.5. The smallest absolute Gasteiger partial charge is 0.407 e. The quantitative estimate of drug-likeness (QED) is 0.927. The summed E-state index contributed by atoms with van der Waals surface area (Å²) in [5.41, 5.74) is -0.508. The maximum atomic E-state index is 11.7. The number of nitrogens with one attached hydrogen (secondary N) is 1. The Balaban J connectivity index is 2.51. The van der Waals surface area contributed by atoms with Crippen LogP contribution in [0.25, 0.3) is 0 Å². The summed E-state index contributed by atoms with van der Waals surface area (Å²) in [6, 6.07) is 3.60. The number of carbonyl (C=O) groups is 2. The lowest BCUT2D eigenvalue weighted by molar-refractivity contribution is 0.0524. The van der Waals surface area contributed by atoms with Crippen LogP contribution in [0.3, 0.4) is 0 Å². The summed E-state index contributed by atoms with van der Waals surface area (Å²) >= 11 is 1.37. The third kappa shape index (κ3) is 5.30. The Kier molecular flexibility index (Phi) is 4.94. The average molecular weight is 284 g/mol. The van der Waals surface area contributed by atoms with Gasteiger partial charge in [-0.05, 0) is 32.9 Å². The molecule has 0 saturated heterocycles. The topological polar surface area (TPSA) is 58.6 Å². The van der Waals surface area contributed by atoms with E-state index >= 15 is 0 Å². The second-order valence-corrected chi connectivity index (χ2v) is 6.49. The third-order valence-electron chi connectivity index (χ3n) is 2.08. The lowest BCUT2D eigenvalue weighted by atomic mass is 10.2. The van der Waals surface area contributed by atoms with E-state index in [1.54, 1.807) is 20.2 Å². The molecule has 0 saturated carbocycles. The maximum absolute atomic E-state index is 11.7. The van der Waals surface area contributed by atoms with Crippen LogP contribution in [0.1, 0.15) is 35.3 Å². The number of ether oxygens (including phenoxy) is 1. The summed E-state index contributed by atoms with van der Waals surface area (Å²) in [6.45, 7) is 5.79. The van der Waals surface area contributed by atoms with E-state index in [0.29, 0.717) is 11.4 Å². The number of alkyl carbamates (subject to hydrolysis) is 1. The van der Waals surface area contributed by atoms with Crippen molar-refractivity contribution >= 4 is 23.3 Å². The molecule has 0 unspecified atom stereocenters. The van der Waals surface area contributed by atoms with Crippen LogP contribution in [-0.4, -0.2) is 36.6 Å². The molecule has 5 nitrogen and oxygen atoms in total. The van der Waals surface area contributed by atoms with Crippen molar-refractivity contribution in [2.75, 3.05) is 14.1 Å². The van der Waals surface area contributed by atoms with Gasteiger partial charge in [0.25, 0.3) is 5.91 Å². The molecule has 0 aliphatic heterocycles. The molecule has 0 bridgehead atoms. The SMILES string of the molecule is CN(C)C(=O)c1ccc(CNC(=O)OC(C)(C)C)s1. The molecule has 1 N–H and O–H groups in total. The van der Waals surface area contributed by atoms with Crippen LogP contribution in [0.5, 0.6) is 0 Å². The minimum atomic E-state index is -0.508. The van der Waals surface area contributed by atoms with E-state index in [1.165, 1.54) is 16.2 Å². The number of thiophene rings is 1. The fraction of sp³-hybridized carbons (Fsp3) is 0.538. The highest BCUT2D eigenvalue weighted by Crippen LogP contribution is 2.17. The summed E-state index contributed by atoms with van der Waals surface area (Å²) in [6.07, 6.45) is -0.457. The minimum Gasteiger partial charge on any atom is -0.444 e. The summed E-state index contributed by atoms with van der Waals surface area (Å²) in [4.78, 5) is 26.3. The van der Waals surface area contributed by atoms with E-state index in [-0.39, 0.29) is 5.91 Å². The van der Waals surface area contributed by atoms with E-state index in [1.807, 2.05) is 26.8 Å². The van der Waals surface area contributed by atoms with Crippen LogP contribution in [-0.2, 0) is 11.3 Å². The summed E-state index contributed by atoms with van der Waals surface area (Å²) in [7, 11) is 3.42. The fourth-order valence-corrected chi connectivity index (χ4v) is 2.25. The first-order valence-electron chi connectivity index (χ1n) is 5.96. The van der Waals surface area contributed by atoms with E-state index in [2.05, 4.69) is 5.32 Å². The van der Waals surface area contributed by atoms with Gasteiger partial charge in [0, 0.05) is 19.0 Å². The zero-order valence-corrected chi connectivity index (χ0v) is 12.8. The second kappa shape index (κ2) is 6.06. The minimum absolute atomic E-state index is 0.0338. The second-order valence-electron chi connectivity index (χ2n) is 5.32. The molecule has 106 valence electrons. The van der Waals surface area contributed by atoms with Gasteiger partial charge in [-0.15, -0.1) is 11.3 Å². The molecule has 0 aliphatic rings. The van der Waals surface area contributed by atoms with Crippen molar-refractivity contribution in [3.8, 4) is 0 Å². The summed E-state index contributed by atoms with van der Waals surface area (Å²) in [5.74, 6) is -0.0338. The molecule has 0 aliphatic carbocycles. The van der Waals surface area contributed by atoms with Gasteiger partial charge < -0.3 is 15.0 Å². The Morgan fingerprint density at radius 3 is 2.47 bits per heavy atom. The highest BCUT2D eigenvalue weighted by atomic mass is 32.1. The Morgan fingerprint density at radius 2 is 1.95 bits per heavy atom. The Bertz CT molecular complexity index is 461. The van der Waals surface area contributed by atoms with E-state index in [9.17, 15) is 9.59 Å². The number of rotatable bonds is 3. The molecule has 0 aromatic carbocycles. The molecule has 0 atom stereocenters. The third-order valence-corrected chi connectivity index (χ3v) is 3.16. The molecule has 1 aromatic rings. The van der Waals surface area contributed by atoms with E-state index in [4.69, 9.17) is 4.74 Å². The Labute approximate surface area is 117 Å². The summed E-state index contributed by atoms with van der Waals surface area (Å²) < 4.78 is 5.13. The van der Waals surface area contributed by atoms with Gasteiger partial charge in [0.1, 0.15) is 5.60 Å². The Hall–Kier alpha value is -1.56. The van der Waals surface area contributed by atoms with Gasteiger partial charge in [0.05, 0.1) is 11.4 Å². The highest BCUT2D eigenvalue weighted by molar-refractivity contribution is 7.14. The maximum Gasteiger partial charge on any atom is 0.407 e. The lowest BCUT2D eigenvalue weighted by Gasteiger charge is -2.19. The number of carbonyl (C=O) groups excluding carboxylic acids is 2. The van der Waals surface area contributed by atoms with Crippen LogP contribution in [0.15, 0.2) is 12.1 Å². The predicted molar refractivity (Wildman–Crippen MR) is 75.4 cm³/mol. The molecule has 0 spiro atoms. The van der Waals surface area contributed by atoms with Crippen LogP contribution in [0.2, 0.25) is 0 Å². The first-order chi connectivity index (χ1) is 8.69. The normalized spacial score (nSPS) is 11.0. The van der Waals surface area contributed by atoms with Crippen molar-refractivity contribution in [1.82, 2.24) is 10.2 Å². The van der Waals surface area contributed by atoms with Gasteiger partial charge in [0.15, 0.2) is 0 Å². The monoisotopic (exact) mass is 284 g/mol. The Morgan fingerprint density at radius 1 is 1.32 bits per heavy atom. The fourth-order valence-electron chi connectivity index (χ4n) is 1.28. The zero-order chi connectivity index (χ0) is 14.6. The van der Waals surface area contributed by atoms with Crippen LogP contribution in [0, 0.1) is 0 Å². The largest absolute Gasteiger partial charge is 0.444 e. The van der Waals surface area contributed by atoms with Crippen LogP contribution < -0.4 is 5.32 Å². The van der Waals surface area contributed by atoms with Crippen molar-refractivity contribution < 1.29 is 14.3 Å². The predicted octanol–water partition coefficient (Wildman–Crippen LogP) is 2.47. The highest BCUT2D eigenvalue weighted by Gasteiger charge is 2.16. The standard InChI is InChI=1S/C13H20N2O3S/c1-13(2,3)18-12(17)14-8-9-6-7-10(19-9)11(16)15(4)5/h6-7H,8H2,1-5H3,(H,14,17). The van der Waals surface area contributed by atoms with E-state index < -0.39 is 11.7 Å². The van der Waals surface area contributed by atoms with Crippen LogP contribution in [0.4, 0.5) is 4.79 Å². The van der Waals surface area contributed by atoms with Crippen molar-refractivity contribution in [2.45, 2.75) is 32.9 Å². The van der Waals surface area contributed by atoms with Crippen molar-refractivity contribution in [1.29, 1.82) is 0 Å². The molecule has 19 heavy (non-hydrogen) atoms. The van der Waals surface area contributed by atoms with Crippen molar-refractivity contribution in [2.24, 2.45) is 0 Å². The lowest BCUT2D eigenvalue weighted by Crippen LogP contribution is -2.31. The first-order valence-corrected chi connectivity index (χ1v) is 6.78. The molecule has 0 radical (unpaired) electrons. The molecule has 1 rings (SSSR count). The van der Waals surface area contributed by atoms with Crippen LogP contribution >= 0.6 is 11.3 Å². The molecule has 1 heterocycles. The molecule has 6 heteroatoms. The molecule has 2 amide bonds. The number of nitrogens with zero attached hydrogens (tertiary/aromatic N) is 1. The van der Waals surface area contributed by atoms with Gasteiger partial charge in [-0.3, -0.25) is 4.79 Å². The number of hydrogen-bond acceptors (Lipinski definition) is 4. The van der Waals surface area contributed by atoms with E-state index in [0.717, 1.165) is 4.88 Å². The molecular formula is C13H20N2O3S. The summed E-state index contributed by atoms with van der Waals surface area (Å²) in [5, 5.41) is 2.66. The number of amides is 2. The van der Waals surface area contributed by atoms with Gasteiger partial charge in [0.2, 0.25) is 0 Å². The van der Waals surface area contributed by atoms with Gasteiger partial charge in [-0.2, -0.15) is 0 Å². The van der Waals surface area contributed by atoms with Gasteiger partial charge in [-0.25, -0.2) is 4.79 Å². The van der Waals surface area contributed by atoms with Gasteiger partial charge in [-0.1, -0.05) is 0 Å². The van der Waals surface area contributed by atoms with Gasteiger partial charge >= 0.3 is 6.09 Å². The zero-order valence-electron chi connectivity index (χ0n) is 11.9. The number of hydrogen-bond donors (Lipinski definition) is 1. The van der Waals surface area contributed by atoms with Crippen molar-refractivity contribution in [3.05, 3.63) is 21.9 Å². The molecular weight excluding hydrogens is 264 g/mol.